The summed E-state index contributed by atoms with van der Waals surface area (Å²) in [5.74, 6) is 1.03. The number of furan rings is 1. The molecule has 1 aromatic rings. The number of amides is 1. The van der Waals surface area contributed by atoms with Gasteiger partial charge in [0.2, 0.25) is 5.91 Å². The van der Waals surface area contributed by atoms with Gasteiger partial charge in [0.15, 0.2) is 0 Å². The SMILES string of the molecule is CCNCC(C)C(=O)NCC(c1ccco1)N1CCCC1. The number of nitrogens with zero attached hydrogens (tertiary/aromatic N) is 1. The molecule has 1 aliphatic heterocycles. The van der Waals surface area contributed by atoms with Crippen molar-refractivity contribution in [2.45, 2.75) is 32.7 Å². The first-order chi connectivity index (χ1) is 10.2. The third-order valence-corrected chi connectivity index (χ3v) is 4.07. The number of hydrogen-bond donors (Lipinski definition) is 2. The normalized spacial score (nSPS) is 18.6. The summed E-state index contributed by atoms with van der Waals surface area (Å²) in [6.45, 7) is 8.38. The molecule has 5 heteroatoms. The van der Waals surface area contributed by atoms with E-state index in [-0.39, 0.29) is 17.9 Å². The Morgan fingerprint density at radius 2 is 2.14 bits per heavy atom. The molecule has 5 nitrogen and oxygen atoms in total. The second-order valence-electron chi connectivity index (χ2n) is 5.73. The highest BCUT2D eigenvalue weighted by atomic mass is 16.3. The van der Waals surface area contributed by atoms with E-state index < -0.39 is 0 Å². The van der Waals surface area contributed by atoms with Crippen molar-refractivity contribution in [3.05, 3.63) is 24.2 Å². The summed E-state index contributed by atoms with van der Waals surface area (Å²) in [6.07, 6.45) is 4.15. The molecule has 2 rings (SSSR count). The van der Waals surface area contributed by atoms with Crippen molar-refractivity contribution in [3.8, 4) is 0 Å². The minimum atomic E-state index is -0.0132. The summed E-state index contributed by atoms with van der Waals surface area (Å²) in [4.78, 5) is 14.5. The third-order valence-electron chi connectivity index (χ3n) is 4.07. The summed E-state index contributed by atoms with van der Waals surface area (Å²) in [5.41, 5.74) is 0. The highest BCUT2D eigenvalue weighted by Crippen LogP contribution is 2.24. The van der Waals surface area contributed by atoms with Crippen molar-refractivity contribution < 1.29 is 9.21 Å². The highest BCUT2D eigenvalue weighted by Gasteiger charge is 2.26. The number of carbonyl (C=O) groups is 1. The van der Waals surface area contributed by atoms with E-state index in [4.69, 9.17) is 4.42 Å². The zero-order valence-electron chi connectivity index (χ0n) is 13.1. The third kappa shape index (κ3) is 4.58. The first kappa shape index (κ1) is 16.0. The fraction of sp³-hybridized carbons (Fsp3) is 0.688. The Kier molecular flexibility index (Phi) is 6.26. The van der Waals surface area contributed by atoms with Gasteiger partial charge in [-0.1, -0.05) is 13.8 Å². The van der Waals surface area contributed by atoms with Crippen LogP contribution in [0.1, 0.15) is 38.5 Å². The molecule has 1 aromatic heterocycles. The van der Waals surface area contributed by atoms with Gasteiger partial charge in [-0.2, -0.15) is 0 Å². The van der Waals surface area contributed by atoms with Crippen LogP contribution in [0, 0.1) is 5.92 Å². The zero-order valence-corrected chi connectivity index (χ0v) is 13.1. The molecular weight excluding hydrogens is 266 g/mol. The average Bonchev–Trinajstić information content (AvgIpc) is 3.18. The largest absolute Gasteiger partial charge is 0.468 e. The quantitative estimate of drug-likeness (QED) is 0.767. The van der Waals surface area contributed by atoms with E-state index in [0.29, 0.717) is 6.54 Å². The molecule has 2 N–H and O–H groups in total. The van der Waals surface area contributed by atoms with Crippen LogP contribution in [0.25, 0.3) is 0 Å². The van der Waals surface area contributed by atoms with Crippen LogP contribution in [0.2, 0.25) is 0 Å². The Morgan fingerprint density at radius 3 is 2.76 bits per heavy atom. The minimum Gasteiger partial charge on any atom is -0.468 e. The minimum absolute atomic E-state index is 0.0132. The van der Waals surface area contributed by atoms with Gasteiger partial charge in [0.05, 0.1) is 12.3 Å². The number of nitrogens with one attached hydrogen (secondary N) is 2. The topological polar surface area (TPSA) is 57.5 Å². The summed E-state index contributed by atoms with van der Waals surface area (Å²) >= 11 is 0. The molecule has 118 valence electrons. The number of rotatable bonds is 8. The molecule has 1 aliphatic rings. The molecule has 1 amide bonds. The monoisotopic (exact) mass is 293 g/mol. The van der Waals surface area contributed by atoms with Gasteiger partial charge in [-0.25, -0.2) is 0 Å². The fourth-order valence-corrected chi connectivity index (χ4v) is 2.77. The predicted octanol–water partition coefficient (Wildman–Crippen LogP) is 1.78. The molecule has 2 heterocycles. The summed E-state index contributed by atoms with van der Waals surface area (Å²) in [5, 5.41) is 6.29. The van der Waals surface area contributed by atoms with E-state index in [1.165, 1.54) is 12.8 Å². The van der Waals surface area contributed by atoms with Crippen molar-refractivity contribution in [2.24, 2.45) is 5.92 Å². The molecule has 0 bridgehead atoms. The van der Waals surface area contributed by atoms with E-state index in [1.54, 1.807) is 6.26 Å². The van der Waals surface area contributed by atoms with Crippen LogP contribution < -0.4 is 10.6 Å². The van der Waals surface area contributed by atoms with Crippen LogP contribution in [-0.2, 0) is 4.79 Å². The lowest BCUT2D eigenvalue weighted by atomic mass is 10.1. The van der Waals surface area contributed by atoms with Gasteiger partial charge in [0.25, 0.3) is 0 Å². The van der Waals surface area contributed by atoms with E-state index in [2.05, 4.69) is 15.5 Å². The lowest BCUT2D eigenvalue weighted by molar-refractivity contribution is -0.124. The second-order valence-corrected chi connectivity index (χ2v) is 5.73. The molecule has 0 spiro atoms. The number of carbonyl (C=O) groups excluding carboxylic acids is 1. The van der Waals surface area contributed by atoms with Crippen LogP contribution >= 0.6 is 0 Å². The summed E-state index contributed by atoms with van der Waals surface area (Å²) < 4.78 is 5.56. The Morgan fingerprint density at radius 1 is 1.38 bits per heavy atom. The first-order valence-corrected chi connectivity index (χ1v) is 7.98. The van der Waals surface area contributed by atoms with Gasteiger partial charge in [-0.3, -0.25) is 9.69 Å². The van der Waals surface area contributed by atoms with Crippen LogP contribution in [0.5, 0.6) is 0 Å². The molecule has 0 aromatic carbocycles. The standard InChI is InChI=1S/C16H27N3O2/c1-3-17-11-13(2)16(20)18-12-14(15-7-6-10-21-15)19-8-4-5-9-19/h6-7,10,13-14,17H,3-5,8-9,11-12H2,1-2H3,(H,18,20). The smallest absolute Gasteiger partial charge is 0.224 e. The van der Waals surface area contributed by atoms with Crippen molar-refractivity contribution >= 4 is 5.91 Å². The molecule has 2 unspecified atom stereocenters. The van der Waals surface area contributed by atoms with Gasteiger partial charge in [0.1, 0.15) is 5.76 Å². The Labute approximate surface area is 127 Å². The maximum Gasteiger partial charge on any atom is 0.224 e. The molecule has 1 fully saturated rings. The van der Waals surface area contributed by atoms with Gasteiger partial charge >= 0.3 is 0 Å². The Bertz CT molecular complexity index is 413. The zero-order chi connectivity index (χ0) is 15.1. The molecule has 0 radical (unpaired) electrons. The van der Waals surface area contributed by atoms with Crippen molar-refractivity contribution in [3.63, 3.8) is 0 Å². The Hall–Kier alpha value is -1.33. The van der Waals surface area contributed by atoms with E-state index >= 15 is 0 Å². The molecule has 21 heavy (non-hydrogen) atoms. The average molecular weight is 293 g/mol. The van der Waals surface area contributed by atoms with E-state index in [9.17, 15) is 4.79 Å². The van der Waals surface area contributed by atoms with Crippen LogP contribution in [0.3, 0.4) is 0 Å². The van der Waals surface area contributed by atoms with Crippen molar-refractivity contribution in [1.82, 2.24) is 15.5 Å². The first-order valence-electron chi connectivity index (χ1n) is 7.98. The summed E-state index contributed by atoms with van der Waals surface area (Å²) in [7, 11) is 0. The van der Waals surface area contributed by atoms with Crippen LogP contribution in [0.4, 0.5) is 0 Å². The van der Waals surface area contributed by atoms with E-state index in [1.807, 2.05) is 26.0 Å². The summed E-state index contributed by atoms with van der Waals surface area (Å²) in [6, 6.07) is 4.06. The lowest BCUT2D eigenvalue weighted by Crippen LogP contribution is -2.40. The van der Waals surface area contributed by atoms with Crippen molar-refractivity contribution in [1.29, 1.82) is 0 Å². The maximum absolute atomic E-state index is 12.1. The van der Waals surface area contributed by atoms with E-state index in [0.717, 1.165) is 31.9 Å². The predicted molar refractivity (Wildman–Crippen MR) is 83.0 cm³/mol. The van der Waals surface area contributed by atoms with Gasteiger partial charge < -0.3 is 15.1 Å². The molecular formula is C16H27N3O2. The maximum atomic E-state index is 12.1. The second kappa shape index (κ2) is 8.20. The van der Waals surface area contributed by atoms with Crippen LogP contribution in [-0.4, -0.2) is 43.5 Å². The lowest BCUT2D eigenvalue weighted by Gasteiger charge is -2.26. The van der Waals surface area contributed by atoms with Gasteiger partial charge in [-0.15, -0.1) is 0 Å². The molecule has 1 saturated heterocycles. The van der Waals surface area contributed by atoms with Crippen LogP contribution in [0.15, 0.2) is 22.8 Å². The number of likely N-dealkylation sites (tertiary alicyclic amines) is 1. The highest BCUT2D eigenvalue weighted by molar-refractivity contribution is 5.78. The number of hydrogen-bond acceptors (Lipinski definition) is 4. The molecule has 0 saturated carbocycles. The van der Waals surface area contributed by atoms with Gasteiger partial charge in [-0.05, 0) is 44.6 Å². The van der Waals surface area contributed by atoms with Crippen molar-refractivity contribution in [2.75, 3.05) is 32.7 Å². The molecule has 0 aliphatic carbocycles. The van der Waals surface area contributed by atoms with Gasteiger partial charge in [0, 0.05) is 19.0 Å². The molecule has 2 atom stereocenters. The Balaban J connectivity index is 1.88. The fourth-order valence-electron chi connectivity index (χ4n) is 2.77.